The average Bonchev–Trinajstić information content (AvgIpc) is 3.05. The first-order chi connectivity index (χ1) is 13.1. The molecule has 2 aromatic carbocycles. The van der Waals surface area contributed by atoms with Gasteiger partial charge in [0.15, 0.2) is 0 Å². The molecule has 1 amide bonds. The Labute approximate surface area is 163 Å². The normalized spacial score (nSPS) is 10.6. The summed E-state index contributed by atoms with van der Waals surface area (Å²) in [6.45, 7) is 2.09. The van der Waals surface area contributed by atoms with Gasteiger partial charge in [-0.3, -0.25) is 9.89 Å². The van der Waals surface area contributed by atoms with E-state index in [-0.39, 0.29) is 12.3 Å². The quantitative estimate of drug-likeness (QED) is 0.611. The fourth-order valence-electron chi connectivity index (χ4n) is 2.87. The molecule has 0 saturated heterocycles. The van der Waals surface area contributed by atoms with E-state index < -0.39 is 0 Å². The van der Waals surface area contributed by atoms with Gasteiger partial charge in [-0.2, -0.15) is 5.10 Å². The van der Waals surface area contributed by atoms with Crippen LogP contribution >= 0.6 is 11.6 Å². The molecule has 0 aliphatic rings. The van der Waals surface area contributed by atoms with Crippen LogP contribution in [0.4, 0.5) is 5.69 Å². The van der Waals surface area contributed by atoms with Crippen molar-refractivity contribution in [3.63, 3.8) is 0 Å². The molecule has 27 heavy (non-hydrogen) atoms. The Balaban J connectivity index is 1.82. The number of anilines is 1. The zero-order valence-electron chi connectivity index (χ0n) is 15.4. The third-order valence-electron chi connectivity index (χ3n) is 4.25. The second-order valence-electron chi connectivity index (χ2n) is 6.26. The summed E-state index contributed by atoms with van der Waals surface area (Å²) in [5, 5.41) is 11.2. The third kappa shape index (κ3) is 4.68. The molecule has 1 heterocycles. The number of nitrogens with zero attached hydrogens (tertiary/aromatic N) is 1. The van der Waals surface area contributed by atoms with Gasteiger partial charge >= 0.3 is 0 Å². The van der Waals surface area contributed by atoms with Gasteiger partial charge in [0.05, 0.1) is 24.9 Å². The van der Waals surface area contributed by atoms with Crippen molar-refractivity contribution < 1.29 is 9.53 Å². The fourth-order valence-corrected chi connectivity index (χ4v) is 3.00. The lowest BCUT2D eigenvalue weighted by Gasteiger charge is -2.09. The van der Waals surface area contributed by atoms with Gasteiger partial charge in [-0.05, 0) is 36.2 Å². The molecule has 0 radical (unpaired) electrons. The Morgan fingerprint density at radius 2 is 1.85 bits per heavy atom. The number of hydrogen-bond donors (Lipinski definition) is 2. The molecule has 0 atom stereocenters. The summed E-state index contributed by atoms with van der Waals surface area (Å²) in [5.41, 5.74) is 4.20. The van der Waals surface area contributed by atoms with Gasteiger partial charge in [0.2, 0.25) is 5.91 Å². The fraction of sp³-hybridized carbons (Fsp3) is 0.238. The van der Waals surface area contributed by atoms with Crippen LogP contribution in [0.5, 0.6) is 5.75 Å². The van der Waals surface area contributed by atoms with Crippen molar-refractivity contribution in [2.75, 3.05) is 12.4 Å². The van der Waals surface area contributed by atoms with Gasteiger partial charge in [0.25, 0.3) is 0 Å². The maximum atomic E-state index is 12.6. The SMILES string of the molecule is CCCc1[nH]nc(-c2ccc(Cl)cc2)c1NC(=O)Cc1ccc(OC)cc1. The standard InChI is InChI=1S/C21H22ClN3O2/c1-3-4-18-21(20(25-24-18)15-7-9-16(22)10-8-15)23-19(26)13-14-5-11-17(27-2)12-6-14/h5-12H,3-4,13H2,1-2H3,(H,23,26)(H,24,25). The van der Waals surface area contributed by atoms with E-state index in [9.17, 15) is 4.79 Å². The number of methoxy groups -OCH3 is 1. The molecule has 0 bridgehead atoms. The summed E-state index contributed by atoms with van der Waals surface area (Å²) in [6.07, 6.45) is 2.03. The van der Waals surface area contributed by atoms with E-state index in [1.54, 1.807) is 7.11 Å². The molecular formula is C21H22ClN3O2. The zero-order valence-corrected chi connectivity index (χ0v) is 16.1. The molecule has 2 N–H and O–H groups in total. The number of benzene rings is 2. The van der Waals surface area contributed by atoms with E-state index >= 15 is 0 Å². The number of hydrogen-bond acceptors (Lipinski definition) is 3. The van der Waals surface area contributed by atoms with Crippen LogP contribution < -0.4 is 10.1 Å². The Morgan fingerprint density at radius 3 is 2.48 bits per heavy atom. The van der Waals surface area contributed by atoms with Gasteiger partial charge in [-0.1, -0.05) is 49.2 Å². The number of aromatic nitrogens is 2. The van der Waals surface area contributed by atoms with Crippen molar-refractivity contribution in [1.82, 2.24) is 10.2 Å². The van der Waals surface area contributed by atoms with Crippen LogP contribution in [0.1, 0.15) is 24.6 Å². The van der Waals surface area contributed by atoms with E-state index in [1.807, 2.05) is 48.5 Å². The lowest BCUT2D eigenvalue weighted by atomic mass is 10.1. The molecule has 0 saturated carbocycles. The molecule has 3 aromatic rings. The molecule has 0 fully saturated rings. The molecule has 3 rings (SSSR count). The highest BCUT2D eigenvalue weighted by atomic mass is 35.5. The molecule has 0 aliphatic heterocycles. The highest BCUT2D eigenvalue weighted by Crippen LogP contribution is 2.30. The number of halogens is 1. The predicted molar refractivity (Wildman–Crippen MR) is 108 cm³/mol. The average molecular weight is 384 g/mol. The monoisotopic (exact) mass is 383 g/mol. The van der Waals surface area contributed by atoms with Crippen LogP contribution in [-0.2, 0) is 17.6 Å². The minimum Gasteiger partial charge on any atom is -0.497 e. The first-order valence-corrected chi connectivity index (χ1v) is 9.24. The lowest BCUT2D eigenvalue weighted by Crippen LogP contribution is -2.15. The summed E-state index contributed by atoms with van der Waals surface area (Å²) >= 11 is 5.98. The predicted octanol–water partition coefficient (Wildman–Crippen LogP) is 4.87. The van der Waals surface area contributed by atoms with E-state index in [2.05, 4.69) is 22.4 Å². The third-order valence-corrected chi connectivity index (χ3v) is 4.50. The second-order valence-corrected chi connectivity index (χ2v) is 6.69. The van der Waals surface area contributed by atoms with Crippen LogP contribution in [-0.4, -0.2) is 23.2 Å². The van der Waals surface area contributed by atoms with Crippen LogP contribution in [0.3, 0.4) is 0 Å². The number of aryl methyl sites for hydroxylation is 1. The van der Waals surface area contributed by atoms with Crippen LogP contribution in [0.25, 0.3) is 11.3 Å². The molecule has 1 aromatic heterocycles. The van der Waals surface area contributed by atoms with Crippen molar-refractivity contribution >= 4 is 23.2 Å². The Kier molecular flexibility index (Phi) is 6.14. The number of aromatic amines is 1. The summed E-state index contributed by atoms with van der Waals surface area (Å²) < 4.78 is 5.15. The first-order valence-electron chi connectivity index (χ1n) is 8.86. The van der Waals surface area contributed by atoms with Crippen molar-refractivity contribution in [3.8, 4) is 17.0 Å². The van der Waals surface area contributed by atoms with Gasteiger partial charge in [-0.15, -0.1) is 0 Å². The number of rotatable bonds is 7. The van der Waals surface area contributed by atoms with Crippen molar-refractivity contribution in [1.29, 1.82) is 0 Å². The smallest absolute Gasteiger partial charge is 0.228 e. The topological polar surface area (TPSA) is 67.0 Å². The van der Waals surface area contributed by atoms with Crippen LogP contribution in [0, 0.1) is 0 Å². The molecule has 6 heteroatoms. The molecule has 140 valence electrons. The van der Waals surface area contributed by atoms with Gasteiger partial charge in [0, 0.05) is 10.6 Å². The van der Waals surface area contributed by atoms with Crippen LogP contribution in [0.2, 0.25) is 5.02 Å². The zero-order chi connectivity index (χ0) is 19.2. The summed E-state index contributed by atoms with van der Waals surface area (Å²) in [4.78, 5) is 12.6. The largest absolute Gasteiger partial charge is 0.497 e. The molecular weight excluding hydrogens is 362 g/mol. The van der Waals surface area contributed by atoms with E-state index in [0.29, 0.717) is 5.02 Å². The van der Waals surface area contributed by atoms with Gasteiger partial charge in [0.1, 0.15) is 11.4 Å². The van der Waals surface area contributed by atoms with E-state index in [4.69, 9.17) is 16.3 Å². The minimum absolute atomic E-state index is 0.0888. The Bertz CT molecular complexity index is 902. The number of carbonyl (C=O) groups is 1. The highest BCUT2D eigenvalue weighted by Gasteiger charge is 2.17. The van der Waals surface area contributed by atoms with Crippen molar-refractivity contribution in [2.24, 2.45) is 0 Å². The highest BCUT2D eigenvalue weighted by molar-refractivity contribution is 6.30. The summed E-state index contributed by atoms with van der Waals surface area (Å²) in [5.74, 6) is 0.679. The minimum atomic E-state index is -0.0888. The van der Waals surface area contributed by atoms with Gasteiger partial charge in [-0.25, -0.2) is 0 Å². The molecule has 0 unspecified atom stereocenters. The maximum Gasteiger partial charge on any atom is 0.228 e. The van der Waals surface area contributed by atoms with Crippen molar-refractivity contribution in [2.45, 2.75) is 26.2 Å². The van der Waals surface area contributed by atoms with E-state index in [1.165, 1.54) is 0 Å². The molecule has 5 nitrogen and oxygen atoms in total. The van der Waals surface area contributed by atoms with Gasteiger partial charge < -0.3 is 10.1 Å². The maximum absolute atomic E-state index is 12.6. The molecule has 0 aliphatic carbocycles. The Morgan fingerprint density at radius 1 is 1.15 bits per heavy atom. The number of carbonyl (C=O) groups excluding carboxylic acids is 1. The number of nitrogens with one attached hydrogen (secondary N) is 2. The van der Waals surface area contributed by atoms with E-state index in [0.717, 1.165) is 46.8 Å². The summed E-state index contributed by atoms with van der Waals surface area (Å²) in [6, 6.07) is 14.9. The number of ether oxygens (including phenoxy) is 1. The summed E-state index contributed by atoms with van der Waals surface area (Å²) in [7, 11) is 1.62. The van der Waals surface area contributed by atoms with Crippen LogP contribution in [0.15, 0.2) is 48.5 Å². The van der Waals surface area contributed by atoms with Crippen molar-refractivity contribution in [3.05, 3.63) is 64.8 Å². The number of H-pyrrole nitrogens is 1. The second kappa shape index (κ2) is 8.73. The first kappa shape index (κ1) is 19.0. The Hall–Kier alpha value is -2.79. The lowest BCUT2D eigenvalue weighted by molar-refractivity contribution is -0.115. The molecule has 0 spiro atoms. The number of amides is 1.